The summed E-state index contributed by atoms with van der Waals surface area (Å²) in [7, 11) is 6.16. The number of nitrogens with one attached hydrogen (secondary N) is 2. The Bertz CT molecular complexity index is 1030. The molecule has 2 amide bonds. The molecule has 0 saturated heterocycles. The van der Waals surface area contributed by atoms with Crippen LogP contribution in [0.1, 0.15) is 52.8 Å². The summed E-state index contributed by atoms with van der Waals surface area (Å²) in [6, 6.07) is 10.5. The van der Waals surface area contributed by atoms with Crippen LogP contribution in [0.15, 0.2) is 36.4 Å². The second-order valence-electron chi connectivity index (χ2n) is 8.06. The Hall–Kier alpha value is -3.33. The molecule has 8 nitrogen and oxygen atoms in total. The highest BCUT2D eigenvalue weighted by molar-refractivity contribution is 7.80. The van der Waals surface area contributed by atoms with Crippen molar-refractivity contribution in [1.29, 1.82) is 0 Å². The maximum atomic E-state index is 13.0. The molecular formula is C25H31N3O5S. The van der Waals surface area contributed by atoms with E-state index in [-0.39, 0.29) is 22.6 Å². The number of carbonyl (C=O) groups excluding carboxylic acids is 2. The van der Waals surface area contributed by atoms with Gasteiger partial charge in [-0.25, -0.2) is 0 Å². The van der Waals surface area contributed by atoms with Crippen molar-refractivity contribution >= 4 is 34.8 Å². The van der Waals surface area contributed by atoms with Crippen molar-refractivity contribution in [2.75, 3.05) is 33.3 Å². The molecule has 182 valence electrons. The van der Waals surface area contributed by atoms with E-state index in [4.69, 9.17) is 26.4 Å². The first-order valence-electron chi connectivity index (χ1n) is 11.2. The maximum absolute atomic E-state index is 13.0. The van der Waals surface area contributed by atoms with Crippen LogP contribution in [-0.4, -0.2) is 51.3 Å². The molecule has 0 aliphatic heterocycles. The summed E-state index contributed by atoms with van der Waals surface area (Å²) in [5.41, 5.74) is 1.39. The molecule has 34 heavy (non-hydrogen) atoms. The Morgan fingerprint density at radius 3 is 2.15 bits per heavy atom. The maximum Gasteiger partial charge on any atom is 0.257 e. The Morgan fingerprint density at radius 1 is 0.941 bits per heavy atom. The van der Waals surface area contributed by atoms with Crippen LogP contribution in [0, 0.1) is 0 Å². The second-order valence-corrected chi connectivity index (χ2v) is 8.44. The van der Waals surface area contributed by atoms with Gasteiger partial charge in [-0.15, -0.1) is 0 Å². The number of thiocarbonyl (C=S) groups is 1. The van der Waals surface area contributed by atoms with Crippen LogP contribution in [0.25, 0.3) is 0 Å². The molecule has 0 spiro atoms. The van der Waals surface area contributed by atoms with E-state index in [9.17, 15) is 9.59 Å². The highest BCUT2D eigenvalue weighted by Gasteiger charge is 2.22. The van der Waals surface area contributed by atoms with Gasteiger partial charge in [-0.05, 0) is 49.3 Å². The third-order valence-corrected chi connectivity index (χ3v) is 6.28. The van der Waals surface area contributed by atoms with Crippen molar-refractivity contribution in [2.24, 2.45) is 0 Å². The lowest BCUT2D eigenvalue weighted by atomic mass is 9.95. The van der Waals surface area contributed by atoms with Gasteiger partial charge in [0.25, 0.3) is 11.8 Å². The molecule has 0 bridgehead atoms. The van der Waals surface area contributed by atoms with E-state index < -0.39 is 5.91 Å². The molecule has 1 fully saturated rings. The summed E-state index contributed by atoms with van der Waals surface area (Å²) in [5, 5.41) is 6.00. The standard InChI is InChI=1S/C25H31N3O5S/c1-28(19-13-9-8-12-18(19)24(30)26-17-10-6-5-7-11-17)25(34)27-23(29)16-14-20(31-2)22(33-4)21(15-16)32-3/h8-9,12-15,17H,5-7,10-11H2,1-4H3,(H,26,30)(H,27,29,34). The van der Waals surface area contributed by atoms with E-state index in [2.05, 4.69) is 10.6 Å². The SMILES string of the molecule is COc1cc(C(=O)NC(=S)N(C)c2ccccc2C(=O)NC2CCCCC2)cc(OC)c1OC. The lowest BCUT2D eigenvalue weighted by molar-refractivity contribution is 0.0927. The average Bonchev–Trinajstić information content (AvgIpc) is 2.87. The third kappa shape index (κ3) is 5.77. The number of rotatable bonds is 7. The number of hydrogen-bond donors (Lipinski definition) is 2. The smallest absolute Gasteiger partial charge is 0.257 e. The van der Waals surface area contributed by atoms with Gasteiger partial charge in [0, 0.05) is 18.7 Å². The summed E-state index contributed by atoms with van der Waals surface area (Å²) >= 11 is 5.49. The summed E-state index contributed by atoms with van der Waals surface area (Å²) in [6.45, 7) is 0. The van der Waals surface area contributed by atoms with E-state index in [0.29, 0.717) is 28.5 Å². The van der Waals surface area contributed by atoms with E-state index in [1.54, 1.807) is 36.2 Å². The molecule has 2 N–H and O–H groups in total. The molecule has 0 aromatic heterocycles. The van der Waals surface area contributed by atoms with Crippen molar-refractivity contribution in [3.8, 4) is 17.2 Å². The number of carbonyl (C=O) groups is 2. The van der Waals surface area contributed by atoms with Crippen LogP contribution < -0.4 is 29.7 Å². The van der Waals surface area contributed by atoms with Gasteiger partial charge in [0.2, 0.25) is 5.75 Å². The molecule has 2 aromatic carbocycles. The summed E-state index contributed by atoms with van der Waals surface area (Å²) in [5.74, 6) is 0.513. The molecule has 0 unspecified atom stereocenters. The van der Waals surface area contributed by atoms with Crippen LogP contribution in [-0.2, 0) is 0 Å². The molecular weight excluding hydrogens is 454 g/mol. The molecule has 1 saturated carbocycles. The molecule has 1 aliphatic rings. The monoisotopic (exact) mass is 485 g/mol. The summed E-state index contributed by atoms with van der Waals surface area (Å²) < 4.78 is 16.0. The van der Waals surface area contributed by atoms with E-state index in [0.717, 1.165) is 25.7 Å². The fourth-order valence-electron chi connectivity index (χ4n) is 4.04. The number of hydrogen-bond acceptors (Lipinski definition) is 6. The second kappa shape index (κ2) is 11.7. The van der Waals surface area contributed by atoms with Crippen LogP contribution in [0.2, 0.25) is 0 Å². The third-order valence-electron chi connectivity index (χ3n) is 5.90. The van der Waals surface area contributed by atoms with Crippen molar-refractivity contribution in [3.63, 3.8) is 0 Å². The molecule has 9 heteroatoms. The van der Waals surface area contributed by atoms with Gasteiger partial charge < -0.3 is 24.4 Å². The fraction of sp³-hybridized carbons (Fsp3) is 0.400. The zero-order valence-corrected chi connectivity index (χ0v) is 20.8. The Morgan fingerprint density at radius 2 is 1.56 bits per heavy atom. The van der Waals surface area contributed by atoms with Crippen molar-refractivity contribution in [1.82, 2.24) is 10.6 Å². The molecule has 3 rings (SSSR count). The van der Waals surface area contributed by atoms with Crippen LogP contribution >= 0.6 is 12.2 Å². The lowest BCUT2D eigenvalue weighted by Crippen LogP contribution is -2.42. The Kier molecular flexibility index (Phi) is 8.70. The van der Waals surface area contributed by atoms with Gasteiger partial charge in [-0.2, -0.15) is 0 Å². The zero-order valence-electron chi connectivity index (χ0n) is 20.0. The summed E-state index contributed by atoms with van der Waals surface area (Å²) in [6.07, 6.45) is 5.46. The largest absolute Gasteiger partial charge is 0.493 e. The van der Waals surface area contributed by atoms with E-state index >= 15 is 0 Å². The highest BCUT2D eigenvalue weighted by Crippen LogP contribution is 2.38. The van der Waals surface area contributed by atoms with E-state index in [1.807, 2.05) is 12.1 Å². The van der Waals surface area contributed by atoms with Gasteiger partial charge >= 0.3 is 0 Å². The first-order valence-corrected chi connectivity index (χ1v) is 11.6. The normalized spacial score (nSPS) is 13.5. The Labute approximate surface area is 205 Å². The predicted molar refractivity (Wildman–Crippen MR) is 135 cm³/mol. The lowest BCUT2D eigenvalue weighted by Gasteiger charge is -2.26. The molecule has 0 radical (unpaired) electrons. The van der Waals surface area contributed by atoms with Crippen LogP contribution in [0.5, 0.6) is 17.2 Å². The van der Waals surface area contributed by atoms with E-state index in [1.165, 1.54) is 27.8 Å². The first kappa shape index (κ1) is 25.3. The van der Waals surface area contributed by atoms with Crippen molar-refractivity contribution in [2.45, 2.75) is 38.1 Å². The topological polar surface area (TPSA) is 89.1 Å². The van der Waals surface area contributed by atoms with Gasteiger partial charge in [0.15, 0.2) is 16.6 Å². The minimum absolute atomic E-state index is 0.145. The number of para-hydroxylation sites is 1. The molecule has 0 heterocycles. The Balaban J connectivity index is 1.76. The van der Waals surface area contributed by atoms with Gasteiger partial charge in [-0.3, -0.25) is 14.9 Å². The average molecular weight is 486 g/mol. The number of ether oxygens (including phenoxy) is 3. The van der Waals surface area contributed by atoms with Crippen LogP contribution in [0.3, 0.4) is 0 Å². The first-order chi connectivity index (χ1) is 16.4. The minimum Gasteiger partial charge on any atom is -0.493 e. The summed E-state index contributed by atoms with van der Waals surface area (Å²) in [4.78, 5) is 27.6. The van der Waals surface area contributed by atoms with Gasteiger partial charge in [0.05, 0.1) is 32.6 Å². The van der Waals surface area contributed by atoms with Crippen molar-refractivity contribution < 1.29 is 23.8 Å². The molecule has 2 aromatic rings. The molecule has 1 aliphatic carbocycles. The number of methoxy groups -OCH3 is 3. The number of benzene rings is 2. The van der Waals surface area contributed by atoms with Gasteiger partial charge in [0.1, 0.15) is 0 Å². The highest BCUT2D eigenvalue weighted by atomic mass is 32.1. The number of amides is 2. The number of anilines is 1. The van der Waals surface area contributed by atoms with Crippen LogP contribution in [0.4, 0.5) is 5.69 Å². The molecule has 0 atom stereocenters. The zero-order chi connectivity index (χ0) is 24.7. The van der Waals surface area contributed by atoms with Crippen molar-refractivity contribution in [3.05, 3.63) is 47.5 Å². The predicted octanol–water partition coefficient (Wildman–Crippen LogP) is 3.93. The minimum atomic E-state index is -0.444. The fourth-order valence-corrected chi connectivity index (χ4v) is 4.23. The quantitative estimate of drug-likeness (QED) is 0.575. The van der Waals surface area contributed by atoms with Gasteiger partial charge in [-0.1, -0.05) is 31.4 Å². The number of nitrogens with zero attached hydrogens (tertiary/aromatic N) is 1.